The van der Waals surface area contributed by atoms with Gasteiger partial charge >= 0.3 is 5.97 Å². The van der Waals surface area contributed by atoms with Crippen molar-refractivity contribution in [3.63, 3.8) is 0 Å². The average molecular weight is 262 g/mol. The SMILES string of the molecule is NCC(=O)N1CCC(C(=O)O)(c2ccccc2)CC1. The molecule has 0 bridgehead atoms. The van der Waals surface area contributed by atoms with Crippen LogP contribution in [-0.4, -0.2) is 41.5 Å². The van der Waals surface area contributed by atoms with Crippen LogP contribution in [0.5, 0.6) is 0 Å². The van der Waals surface area contributed by atoms with Crippen molar-refractivity contribution in [3.05, 3.63) is 35.9 Å². The summed E-state index contributed by atoms with van der Waals surface area (Å²) in [4.78, 5) is 24.9. The molecule has 1 aliphatic heterocycles. The molecule has 0 aromatic heterocycles. The molecule has 1 aliphatic rings. The van der Waals surface area contributed by atoms with Gasteiger partial charge in [-0.15, -0.1) is 0 Å². The lowest BCUT2D eigenvalue weighted by molar-refractivity contribution is -0.148. The molecular formula is C14H18N2O3. The van der Waals surface area contributed by atoms with E-state index in [9.17, 15) is 14.7 Å². The Morgan fingerprint density at radius 3 is 2.26 bits per heavy atom. The minimum Gasteiger partial charge on any atom is -0.481 e. The Bertz CT molecular complexity index is 465. The summed E-state index contributed by atoms with van der Waals surface area (Å²) in [6, 6.07) is 9.24. The van der Waals surface area contributed by atoms with Crippen molar-refractivity contribution in [3.8, 4) is 0 Å². The molecule has 1 fully saturated rings. The van der Waals surface area contributed by atoms with Gasteiger partial charge in [-0.1, -0.05) is 30.3 Å². The number of hydrogen-bond acceptors (Lipinski definition) is 3. The molecule has 1 aromatic rings. The number of carboxylic acid groups (broad SMARTS) is 1. The first-order valence-electron chi connectivity index (χ1n) is 6.37. The average Bonchev–Trinajstić information content (AvgIpc) is 2.47. The highest BCUT2D eigenvalue weighted by Gasteiger charge is 2.43. The maximum absolute atomic E-state index is 11.7. The van der Waals surface area contributed by atoms with E-state index in [2.05, 4.69) is 0 Å². The molecule has 2 rings (SSSR count). The van der Waals surface area contributed by atoms with Crippen molar-refractivity contribution in [1.82, 2.24) is 4.90 Å². The molecule has 5 nitrogen and oxygen atoms in total. The fourth-order valence-electron chi connectivity index (χ4n) is 2.65. The summed E-state index contributed by atoms with van der Waals surface area (Å²) in [6.45, 7) is 0.861. The van der Waals surface area contributed by atoms with Gasteiger partial charge in [-0.05, 0) is 18.4 Å². The molecule has 102 valence electrons. The number of carboxylic acids is 1. The number of carbonyl (C=O) groups excluding carboxylic acids is 1. The van der Waals surface area contributed by atoms with E-state index in [-0.39, 0.29) is 12.5 Å². The van der Waals surface area contributed by atoms with Gasteiger partial charge in [0.1, 0.15) is 0 Å². The predicted molar refractivity (Wildman–Crippen MR) is 70.6 cm³/mol. The van der Waals surface area contributed by atoms with Crippen LogP contribution in [0.3, 0.4) is 0 Å². The lowest BCUT2D eigenvalue weighted by atomic mass is 9.73. The van der Waals surface area contributed by atoms with E-state index in [1.165, 1.54) is 0 Å². The van der Waals surface area contributed by atoms with Crippen molar-refractivity contribution >= 4 is 11.9 Å². The number of nitrogens with two attached hydrogens (primary N) is 1. The third-order valence-corrected chi connectivity index (χ3v) is 3.88. The first-order chi connectivity index (χ1) is 9.10. The quantitative estimate of drug-likeness (QED) is 0.835. The van der Waals surface area contributed by atoms with Crippen LogP contribution in [0.25, 0.3) is 0 Å². The molecule has 5 heteroatoms. The first kappa shape index (κ1) is 13.5. The monoisotopic (exact) mass is 262 g/mol. The van der Waals surface area contributed by atoms with Gasteiger partial charge in [-0.3, -0.25) is 9.59 Å². The van der Waals surface area contributed by atoms with Gasteiger partial charge in [-0.2, -0.15) is 0 Å². The maximum atomic E-state index is 11.7. The smallest absolute Gasteiger partial charge is 0.314 e. The molecule has 0 spiro atoms. The minimum absolute atomic E-state index is 0.0224. The fraction of sp³-hybridized carbons (Fsp3) is 0.429. The zero-order valence-electron chi connectivity index (χ0n) is 10.7. The van der Waals surface area contributed by atoms with Crippen molar-refractivity contribution in [2.75, 3.05) is 19.6 Å². The number of benzene rings is 1. The summed E-state index contributed by atoms with van der Waals surface area (Å²) in [5.41, 5.74) is 5.26. The van der Waals surface area contributed by atoms with Gasteiger partial charge in [0.2, 0.25) is 5.91 Å². The van der Waals surface area contributed by atoms with Crippen LogP contribution in [0.2, 0.25) is 0 Å². The second-order valence-electron chi connectivity index (χ2n) is 4.84. The zero-order valence-corrected chi connectivity index (χ0v) is 10.7. The number of hydrogen-bond donors (Lipinski definition) is 2. The third kappa shape index (κ3) is 2.46. The van der Waals surface area contributed by atoms with Gasteiger partial charge in [-0.25, -0.2) is 0 Å². The van der Waals surface area contributed by atoms with Gasteiger partial charge < -0.3 is 15.7 Å². The minimum atomic E-state index is -0.882. The van der Waals surface area contributed by atoms with E-state index in [1.807, 2.05) is 30.3 Å². The molecule has 1 aromatic carbocycles. The van der Waals surface area contributed by atoms with Crippen LogP contribution in [0.1, 0.15) is 18.4 Å². The zero-order chi connectivity index (χ0) is 13.9. The largest absolute Gasteiger partial charge is 0.481 e. The molecule has 0 radical (unpaired) electrons. The topological polar surface area (TPSA) is 83.6 Å². The van der Waals surface area contributed by atoms with Crippen LogP contribution >= 0.6 is 0 Å². The molecule has 3 N–H and O–H groups in total. The van der Waals surface area contributed by atoms with E-state index >= 15 is 0 Å². The van der Waals surface area contributed by atoms with Crippen LogP contribution in [0.15, 0.2) is 30.3 Å². The van der Waals surface area contributed by atoms with Gasteiger partial charge in [0, 0.05) is 13.1 Å². The Kier molecular flexibility index (Phi) is 3.85. The van der Waals surface area contributed by atoms with Crippen molar-refractivity contribution in [1.29, 1.82) is 0 Å². The van der Waals surface area contributed by atoms with E-state index < -0.39 is 11.4 Å². The Labute approximate surface area is 112 Å². The second kappa shape index (κ2) is 5.40. The Morgan fingerprint density at radius 2 is 1.79 bits per heavy atom. The molecule has 0 unspecified atom stereocenters. The third-order valence-electron chi connectivity index (χ3n) is 3.88. The summed E-state index contributed by atoms with van der Waals surface area (Å²) >= 11 is 0. The van der Waals surface area contributed by atoms with Crippen molar-refractivity contribution in [2.24, 2.45) is 5.73 Å². The number of likely N-dealkylation sites (tertiary alicyclic amines) is 1. The molecular weight excluding hydrogens is 244 g/mol. The highest BCUT2D eigenvalue weighted by atomic mass is 16.4. The highest BCUT2D eigenvalue weighted by Crippen LogP contribution is 2.35. The summed E-state index contributed by atoms with van der Waals surface area (Å²) < 4.78 is 0. The lowest BCUT2D eigenvalue weighted by Gasteiger charge is -2.39. The highest BCUT2D eigenvalue weighted by molar-refractivity contribution is 5.83. The fourth-order valence-corrected chi connectivity index (χ4v) is 2.65. The van der Waals surface area contributed by atoms with E-state index in [0.29, 0.717) is 25.9 Å². The van der Waals surface area contributed by atoms with Gasteiger partial charge in [0.05, 0.1) is 12.0 Å². The Morgan fingerprint density at radius 1 is 1.21 bits per heavy atom. The van der Waals surface area contributed by atoms with Crippen LogP contribution in [-0.2, 0) is 15.0 Å². The summed E-state index contributed by atoms with van der Waals surface area (Å²) in [5, 5.41) is 9.60. The number of nitrogens with zero attached hydrogens (tertiary/aromatic N) is 1. The van der Waals surface area contributed by atoms with Crippen LogP contribution in [0.4, 0.5) is 0 Å². The van der Waals surface area contributed by atoms with Crippen molar-refractivity contribution in [2.45, 2.75) is 18.3 Å². The van der Waals surface area contributed by atoms with Crippen LogP contribution in [0, 0.1) is 0 Å². The molecule has 1 heterocycles. The van der Waals surface area contributed by atoms with Crippen LogP contribution < -0.4 is 5.73 Å². The number of carbonyl (C=O) groups is 2. The molecule has 1 saturated heterocycles. The molecule has 1 amide bonds. The van der Waals surface area contributed by atoms with Gasteiger partial charge in [0.15, 0.2) is 0 Å². The predicted octanol–water partition coefficient (Wildman–Crippen LogP) is 0.590. The lowest BCUT2D eigenvalue weighted by Crippen LogP contribution is -2.50. The standard InChI is InChI=1S/C14H18N2O3/c15-10-12(17)16-8-6-14(7-9-16,13(18)19)11-4-2-1-3-5-11/h1-5H,6-10,15H2,(H,18,19). The van der Waals surface area contributed by atoms with E-state index in [1.54, 1.807) is 4.90 Å². The van der Waals surface area contributed by atoms with E-state index in [4.69, 9.17) is 5.73 Å². The molecule has 19 heavy (non-hydrogen) atoms. The first-order valence-corrected chi connectivity index (χ1v) is 6.37. The molecule has 0 aliphatic carbocycles. The Balaban J connectivity index is 2.22. The van der Waals surface area contributed by atoms with Gasteiger partial charge in [0.25, 0.3) is 0 Å². The number of piperidine rings is 1. The number of aliphatic carboxylic acids is 1. The normalized spacial score (nSPS) is 18.1. The summed E-state index contributed by atoms with van der Waals surface area (Å²) in [6.07, 6.45) is 0.857. The maximum Gasteiger partial charge on any atom is 0.314 e. The molecule has 0 saturated carbocycles. The molecule has 0 atom stereocenters. The number of rotatable bonds is 3. The summed E-state index contributed by atoms with van der Waals surface area (Å²) in [7, 11) is 0. The summed E-state index contributed by atoms with van der Waals surface area (Å²) in [5.74, 6) is -0.939. The van der Waals surface area contributed by atoms with Crippen molar-refractivity contribution < 1.29 is 14.7 Å². The Hall–Kier alpha value is -1.88. The second-order valence-corrected chi connectivity index (χ2v) is 4.84. The number of amides is 1. The van der Waals surface area contributed by atoms with E-state index in [0.717, 1.165) is 5.56 Å².